The Labute approximate surface area is 153 Å². The highest BCUT2D eigenvalue weighted by molar-refractivity contribution is 5.94. The Hall–Kier alpha value is -2.82. The first-order valence-corrected chi connectivity index (χ1v) is 9.04. The summed E-state index contributed by atoms with van der Waals surface area (Å²) in [5.74, 6) is 1.06. The average molecular weight is 349 g/mol. The van der Waals surface area contributed by atoms with E-state index in [0.717, 1.165) is 25.9 Å². The van der Waals surface area contributed by atoms with Gasteiger partial charge in [-0.1, -0.05) is 18.2 Å². The highest BCUT2D eigenvalue weighted by Gasteiger charge is 2.27. The van der Waals surface area contributed by atoms with E-state index in [0.29, 0.717) is 17.4 Å². The lowest BCUT2D eigenvalue weighted by Gasteiger charge is -2.32. The zero-order chi connectivity index (χ0) is 18.1. The maximum absolute atomic E-state index is 12.7. The van der Waals surface area contributed by atoms with Crippen LogP contribution in [0.3, 0.4) is 0 Å². The molecule has 1 N–H and O–H groups in total. The van der Waals surface area contributed by atoms with Gasteiger partial charge in [-0.25, -0.2) is 4.98 Å². The molecule has 3 heterocycles. The number of hydrogen-bond donors (Lipinski definition) is 1. The summed E-state index contributed by atoms with van der Waals surface area (Å²) in [6.45, 7) is 3.69. The van der Waals surface area contributed by atoms with E-state index in [2.05, 4.69) is 41.2 Å². The van der Waals surface area contributed by atoms with Gasteiger partial charge in [-0.05, 0) is 43.4 Å². The van der Waals surface area contributed by atoms with Crippen molar-refractivity contribution in [3.63, 3.8) is 0 Å². The van der Waals surface area contributed by atoms with Gasteiger partial charge in [0.15, 0.2) is 0 Å². The first kappa shape index (κ1) is 16.6. The summed E-state index contributed by atoms with van der Waals surface area (Å²) >= 11 is 0. The molecule has 1 aliphatic heterocycles. The topological polar surface area (TPSA) is 58.2 Å². The number of hydrogen-bond acceptors (Lipinski definition) is 3. The first-order valence-electron chi connectivity index (χ1n) is 9.04. The summed E-state index contributed by atoms with van der Waals surface area (Å²) in [5, 5.41) is 1.31. The lowest BCUT2D eigenvalue weighted by atomic mass is 9.87. The molecule has 0 saturated carbocycles. The Kier molecular flexibility index (Phi) is 4.37. The second kappa shape index (κ2) is 6.83. The van der Waals surface area contributed by atoms with Gasteiger partial charge < -0.3 is 14.6 Å². The number of nitrogens with zero attached hydrogens (tertiary/aromatic N) is 2. The maximum Gasteiger partial charge on any atom is 0.255 e. The zero-order valence-corrected chi connectivity index (χ0v) is 15.2. The van der Waals surface area contributed by atoms with Gasteiger partial charge in [-0.15, -0.1) is 0 Å². The molecule has 0 bridgehead atoms. The van der Waals surface area contributed by atoms with Crippen molar-refractivity contribution in [2.75, 3.05) is 20.2 Å². The largest absolute Gasteiger partial charge is 0.481 e. The Bertz CT molecular complexity index is 922. The van der Waals surface area contributed by atoms with E-state index < -0.39 is 0 Å². The smallest absolute Gasteiger partial charge is 0.255 e. The molecule has 5 heteroatoms. The van der Waals surface area contributed by atoms with E-state index in [1.165, 1.54) is 22.2 Å². The summed E-state index contributed by atoms with van der Waals surface area (Å²) in [6, 6.07) is 12.0. The molecule has 3 aromatic rings. The summed E-state index contributed by atoms with van der Waals surface area (Å²) in [4.78, 5) is 22.3. The first-order chi connectivity index (χ1) is 12.7. The minimum atomic E-state index is 0.0502. The molecule has 0 atom stereocenters. The number of benzene rings is 1. The van der Waals surface area contributed by atoms with E-state index in [-0.39, 0.29) is 5.91 Å². The van der Waals surface area contributed by atoms with Crippen molar-refractivity contribution >= 4 is 16.8 Å². The number of rotatable bonds is 3. The number of aromatic amines is 1. The lowest BCUT2D eigenvalue weighted by molar-refractivity contribution is 0.0712. The highest BCUT2D eigenvalue weighted by Crippen LogP contribution is 2.35. The Balaban J connectivity index is 1.48. The molecular weight excluding hydrogens is 326 g/mol. The molecule has 1 fully saturated rings. The molecule has 0 unspecified atom stereocenters. The number of piperidine rings is 1. The van der Waals surface area contributed by atoms with Gasteiger partial charge in [0, 0.05) is 41.9 Å². The number of likely N-dealkylation sites (tertiary alicyclic amines) is 1. The highest BCUT2D eigenvalue weighted by atomic mass is 16.5. The number of amides is 1. The van der Waals surface area contributed by atoms with Crippen LogP contribution in [-0.4, -0.2) is 41.0 Å². The molecular formula is C21H23N3O2. The van der Waals surface area contributed by atoms with Crippen molar-refractivity contribution in [1.82, 2.24) is 14.9 Å². The van der Waals surface area contributed by atoms with Gasteiger partial charge in [0.2, 0.25) is 5.88 Å². The van der Waals surface area contributed by atoms with Gasteiger partial charge in [0.05, 0.1) is 12.7 Å². The third kappa shape index (κ3) is 2.94. The number of fused-ring (bicyclic) bond motifs is 1. The van der Waals surface area contributed by atoms with Crippen LogP contribution in [-0.2, 0) is 0 Å². The number of carbonyl (C=O) groups is 1. The normalized spacial score (nSPS) is 15.4. The molecule has 0 radical (unpaired) electrons. The van der Waals surface area contributed by atoms with Crippen LogP contribution in [0, 0.1) is 6.92 Å². The molecule has 1 amide bonds. The summed E-state index contributed by atoms with van der Waals surface area (Å²) in [6.07, 6.45) is 3.56. The van der Waals surface area contributed by atoms with Crippen LogP contribution in [0.25, 0.3) is 10.9 Å². The standard InChI is InChI=1S/C21H23N3O2/c1-14-20(17-5-3-4-6-18(17)23-14)15-9-11-24(12-10-15)21(25)16-7-8-19(26-2)22-13-16/h3-8,13,15,23H,9-12H2,1-2H3. The predicted molar refractivity (Wildman–Crippen MR) is 102 cm³/mol. The molecule has 2 aromatic heterocycles. The van der Waals surface area contributed by atoms with Crippen LogP contribution in [0.1, 0.15) is 40.4 Å². The zero-order valence-electron chi connectivity index (χ0n) is 15.2. The van der Waals surface area contributed by atoms with Gasteiger partial charge in [0.25, 0.3) is 5.91 Å². The lowest BCUT2D eigenvalue weighted by Crippen LogP contribution is -2.38. The number of methoxy groups -OCH3 is 1. The third-order valence-corrected chi connectivity index (χ3v) is 5.33. The van der Waals surface area contributed by atoms with Gasteiger partial charge in [-0.3, -0.25) is 4.79 Å². The molecule has 1 saturated heterocycles. The number of para-hydroxylation sites is 1. The fraction of sp³-hybridized carbons (Fsp3) is 0.333. The molecule has 1 aromatic carbocycles. The van der Waals surface area contributed by atoms with E-state index in [9.17, 15) is 4.79 Å². The maximum atomic E-state index is 12.7. The summed E-state index contributed by atoms with van der Waals surface area (Å²) in [7, 11) is 1.57. The predicted octanol–water partition coefficient (Wildman–Crippen LogP) is 3.90. The molecule has 4 rings (SSSR count). The monoisotopic (exact) mass is 349 g/mol. The van der Waals surface area contributed by atoms with E-state index in [1.54, 1.807) is 25.4 Å². The second-order valence-electron chi connectivity index (χ2n) is 6.86. The van der Waals surface area contributed by atoms with Crippen LogP contribution >= 0.6 is 0 Å². The number of aryl methyl sites for hydroxylation is 1. The number of pyridine rings is 1. The molecule has 134 valence electrons. The molecule has 5 nitrogen and oxygen atoms in total. The van der Waals surface area contributed by atoms with Crippen molar-refractivity contribution in [3.05, 3.63) is 59.4 Å². The quantitative estimate of drug-likeness (QED) is 0.780. The number of aromatic nitrogens is 2. The minimum Gasteiger partial charge on any atom is -0.481 e. The Morgan fingerprint density at radius 1 is 1.19 bits per heavy atom. The van der Waals surface area contributed by atoms with Crippen LogP contribution in [0.5, 0.6) is 5.88 Å². The third-order valence-electron chi connectivity index (χ3n) is 5.33. The van der Waals surface area contributed by atoms with Gasteiger partial charge in [0.1, 0.15) is 0 Å². The van der Waals surface area contributed by atoms with Gasteiger partial charge >= 0.3 is 0 Å². The van der Waals surface area contributed by atoms with Gasteiger partial charge in [-0.2, -0.15) is 0 Å². The van der Waals surface area contributed by atoms with Crippen LogP contribution in [0.4, 0.5) is 0 Å². The summed E-state index contributed by atoms with van der Waals surface area (Å²) < 4.78 is 5.06. The number of ether oxygens (including phenoxy) is 1. The SMILES string of the molecule is COc1ccc(C(=O)N2CCC(c3c(C)[nH]c4ccccc34)CC2)cn1. The van der Waals surface area contributed by atoms with Crippen molar-refractivity contribution in [2.24, 2.45) is 0 Å². The molecule has 0 aliphatic carbocycles. The average Bonchev–Trinajstić information content (AvgIpc) is 3.03. The van der Waals surface area contributed by atoms with Crippen molar-refractivity contribution < 1.29 is 9.53 Å². The van der Waals surface area contributed by atoms with Crippen molar-refractivity contribution in [1.29, 1.82) is 0 Å². The van der Waals surface area contributed by atoms with Crippen molar-refractivity contribution in [2.45, 2.75) is 25.7 Å². The van der Waals surface area contributed by atoms with E-state index >= 15 is 0 Å². The summed E-state index contributed by atoms with van der Waals surface area (Å²) in [5.41, 5.74) is 4.48. The van der Waals surface area contributed by atoms with Crippen LogP contribution in [0.15, 0.2) is 42.6 Å². The number of carbonyl (C=O) groups excluding carboxylic acids is 1. The minimum absolute atomic E-state index is 0.0502. The van der Waals surface area contributed by atoms with Crippen LogP contribution < -0.4 is 4.74 Å². The van der Waals surface area contributed by atoms with Crippen LogP contribution in [0.2, 0.25) is 0 Å². The number of H-pyrrole nitrogens is 1. The molecule has 26 heavy (non-hydrogen) atoms. The Morgan fingerprint density at radius 2 is 1.96 bits per heavy atom. The van der Waals surface area contributed by atoms with E-state index in [1.807, 2.05) is 4.90 Å². The second-order valence-corrected chi connectivity index (χ2v) is 6.86. The fourth-order valence-corrected chi connectivity index (χ4v) is 4.01. The van der Waals surface area contributed by atoms with E-state index in [4.69, 9.17) is 4.74 Å². The molecule has 1 aliphatic rings. The molecule has 0 spiro atoms. The van der Waals surface area contributed by atoms with Crippen molar-refractivity contribution in [3.8, 4) is 5.88 Å². The fourth-order valence-electron chi connectivity index (χ4n) is 4.01. The number of nitrogens with one attached hydrogen (secondary N) is 1. The Morgan fingerprint density at radius 3 is 2.65 bits per heavy atom.